The lowest BCUT2D eigenvalue weighted by Crippen LogP contribution is -2.26. The van der Waals surface area contributed by atoms with Crippen LogP contribution in [0.4, 0.5) is 0 Å². The molecule has 0 amide bonds. The second-order valence-electron chi connectivity index (χ2n) is 4.57. The monoisotopic (exact) mass is 328 g/mol. The summed E-state index contributed by atoms with van der Waals surface area (Å²) in [5.74, 6) is 0.904. The van der Waals surface area contributed by atoms with Crippen LogP contribution in [0, 0.1) is 0 Å². The first kappa shape index (κ1) is 15.9. The van der Waals surface area contributed by atoms with E-state index < -0.39 is 10.0 Å². The molecular weight excluding hydrogens is 312 g/mol. The molecule has 114 valence electrons. The quantitative estimate of drug-likeness (QED) is 0.829. The molecule has 0 saturated heterocycles. The first-order valence-corrected chi connectivity index (χ1v) is 8.28. The minimum absolute atomic E-state index is 0.204. The molecule has 0 aliphatic heterocycles. The average Bonchev–Trinajstić information content (AvgIpc) is 2.97. The number of hydrogen-bond donors (Lipinski definition) is 1. The Labute approximate surface area is 129 Å². The Kier molecular flexibility index (Phi) is 4.92. The number of H-pyrrole nitrogens is 1. The standard InChI is InChI=1S/C14H17ClN2O3S/c1-17(10-11-5-3-4-6-14(11)20-2)21(18,19)13-7-12(8-15)16-9-13/h3-7,9,16H,8,10H2,1-2H3. The van der Waals surface area contributed by atoms with Crippen molar-refractivity contribution < 1.29 is 13.2 Å². The number of para-hydroxylation sites is 1. The molecule has 1 N–H and O–H groups in total. The fourth-order valence-corrected chi connectivity index (χ4v) is 3.31. The van der Waals surface area contributed by atoms with E-state index in [0.717, 1.165) is 5.56 Å². The van der Waals surface area contributed by atoms with E-state index in [-0.39, 0.29) is 17.3 Å². The minimum atomic E-state index is -3.56. The van der Waals surface area contributed by atoms with Gasteiger partial charge in [0.15, 0.2) is 0 Å². The summed E-state index contributed by atoms with van der Waals surface area (Å²) in [4.78, 5) is 3.04. The predicted molar refractivity (Wildman–Crippen MR) is 82.0 cm³/mol. The summed E-state index contributed by atoms with van der Waals surface area (Å²) in [6.45, 7) is 0.230. The van der Waals surface area contributed by atoms with Crippen molar-refractivity contribution in [2.75, 3.05) is 14.2 Å². The number of nitrogens with one attached hydrogen (secondary N) is 1. The lowest BCUT2D eigenvalue weighted by molar-refractivity contribution is 0.398. The van der Waals surface area contributed by atoms with E-state index in [4.69, 9.17) is 16.3 Å². The van der Waals surface area contributed by atoms with Crippen LogP contribution in [0.1, 0.15) is 11.3 Å². The van der Waals surface area contributed by atoms with E-state index in [9.17, 15) is 8.42 Å². The third kappa shape index (κ3) is 3.40. The molecule has 7 heteroatoms. The zero-order chi connectivity index (χ0) is 15.5. The Balaban J connectivity index is 2.24. The van der Waals surface area contributed by atoms with Gasteiger partial charge in [-0.15, -0.1) is 11.6 Å². The average molecular weight is 329 g/mol. The predicted octanol–water partition coefficient (Wildman–Crippen LogP) is 2.58. The van der Waals surface area contributed by atoms with Gasteiger partial charge in [0.25, 0.3) is 0 Å². The maximum Gasteiger partial charge on any atom is 0.244 e. The van der Waals surface area contributed by atoms with Crippen molar-refractivity contribution in [1.82, 2.24) is 9.29 Å². The molecule has 2 rings (SSSR count). The number of sulfonamides is 1. The molecule has 0 atom stereocenters. The summed E-state index contributed by atoms with van der Waals surface area (Å²) in [5, 5.41) is 0. The van der Waals surface area contributed by atoms with Crippen LogP contribution in [-0.4, -0.2) is 31.9 Å². The zero-order valence-corrected chi connectivity index (χ0v) is 13.4. The molecule has 0 bridgehead atoms. The van der Waals surface area contributed by atoms with Gasteiger partial charge >= 0.3 is 0 Å². The van der Waals surface area contributed by atoms with E-state index in [1.54, 1.807) is 19.2 Å². The van der Waals surface area contributed by atoms with E-state index in [2.05, 4.69) is 4.98 Å². The zero-order valence-electron chi connectivity index (χ0n) is 11.8. The van der Waals surface area contributed by atoms with E-state index >= 15 is 0 Å². The Morgan fingerprint density at radius 2 is 2.05 bits per heavy atom. The summed E-state index contributed by atoms with van der Waals surface area (Å²) in [6, 6.07) is 8.88. The Bertz CT molecular complexity index is 713. The number of aromatic amines is 1. The molecule has 0 aliphatic carbocycles. The smallest absolute Gasteiger partial charge is 0.244 e. The highest BCUT2D eigenvalue weighted by atomic mass is 35.5. The molecule has 21 heavy (non-hydrogen) atoms. The number of methoxy groups -OCH3 is 1. The topological polar surface area (TPSA) is 62.4 Å². The van der Waals surface area contributed by atoms with Gasteiger partial charge < -0.3 is 9.72 Å². The lowest BCUT2D eigenvalue weighted by atomic mass is 10.2. The van der Waals surface area contributed by atoms with Gasteiger partial charge in [0.1, 0.15) is 5.75 Å². The number of halogens is 1. The van der Waals surface area contributed by atoms with Crippen molar-refractivity contribution in [2.24, 2.45) is 0 Å². The second kappa shape index (κ2) is 6.51. The molecule has 5 nitrogen and oxygen atoms in total. The third-order valence-electron chi connectivity index (χ3n) is 3.15. The highest BCUT2D eigenvalue weighted by Crippen LogP contribution is 2.23. The van der Waals surface area contributed by atoms with Crippen LogP contribution in [0.3, 0.4) is 0 Å². The van der Waals surface area contributed by atoms with Crippen LogP contribution in [-0.2, 0) is 22.4 Å². The van der Waals surface area contributed by atoms with Crippen LogP contribution in [0.15, 0.2) is 41.4 Å². The highest BCUT2D eigenvalue weighted by Gasteiger charge is 2.23. The van der Waals surface area contributed by atoms with Gasteiger partial charge in [-0.3, -0.25) is 0 Å². The summed E-state index contributed by atoms with van der Waals surface area (Å²) in [5.41, 5.74) is 1.47. The van der Waals surface area contributed by atoms with Gasteiger partial charge in [-0.2, -0.15) is 4.31 Å². The number of nitrogens with zero attached hydrogens (tertiary/aromatic N) is 1. The van der Waals surface area contributed by atoms with Crippen molar-refractivity contribution >= 4 is 21.6 Å². The molecule has 0 unspecified atom stereocenters. The molecule has 1 heterocycles. The van der Waals surface area contributed by atoms with Gasteiger partial charge in [-0.1, -0.05) is 18.2 Å². The maximum absolute atomic E-state index is 12.5. The van der Waals surface area contributed by atoms with Crippen molar-refractivity contribution in [1.29, 1.82) is 0 Å². The first-order chi connectivity index (χ1) is 9.98. The third-order valence-corrected chi connectivity index (χ3v) is 5.22. The van der Waals surface area contributed by atoms with Crippen LogP contribution < -0.4 is 4.74 Å². The fourth-order valence-electron chi connectivity index (χ4n) is 1.98. The number of rotatable bonds is 6. The molecule has 1 aromatic carbocycles. The number of hydrogen-bond acceptors (Lipinski definition) is 3. The summed E-state index contributed by atoms with van der Waals surface area (Å²) >= 11 is 5.68. The number of aromatic nitrogens is 1. The molecule has 0 fully saturated rings. The Morgan fingerprint density at radius 1 is 1.33 bits per heavy atom. The summed E-state index contributed by atoms with van der Waals surface area (Å²) in [6.07, 6.45) is 1.45. The SMILES string of the molecule is COc1ccccc1CN(C)S(=O)(=O)c1c[nH]c(CCl)c1. The number of benzene rings is 1. The van der Waals surface area contributed by atoms with Crippen molar-refractivity contribution in [3.05, 3.63) is 47.8 Å². The van der Waals surface area contributed by atoms with E-state index in [1.165, 1.54) is 17.5 Å². The molecule has 2 aromatic rings. The van der Waals surface area contributed by atoms with Gasteiger partial charge in [0.05, 0.1) is 17.9 Å². The molecule has 1 aromatic heterocycles. The molecule has 0 radical (unpaired) electrons. The van der Waals surface area contributed by atoms with Gasteiger partial charge in [-0.25, -0.2) is 8.42 Å². The molecule has 0 aliphatic rings. The van der Waals surface area contributed by atoms with Crippen LogP contribution >= 0.6 is 11.6 Å². The van der Waals surface area contributed by atoms with E-state index in [1.807, 2.05) is 18.2 Å². The Morgan fingerprint density at radius 3 is 2.67 bits per heavy atom. The molecular formula is C14H17ClN2O3S. The van der Waals surface area contributed by atoms with Crippen molar-refractivity contribution in [3.8, 4) is 5.75 Å². The largest absolute Gasteiger partial charge is 0.496 e. The van der Waals surface area contributed by atoms with E-state index in [0.29, 0.717) is 11.4 Å². The Hall–Kier alpha value is -1.50. The fraction of sp³-hybridized carbons (Fsp3) is 0.286. The normalized spacial score (nSPS) is 11.8. The summed E-state index contributed by atoms with van der Waals surface area (Å²) in [7, 11) is -0.465. The second-order valence-corrected chi connectivity index (χ2v) is 6.88. The van der Waals surface area contributed by atoms with Gasteiger partial charge in [0, 0.05) is 31.0 Å². The molecule has 0 spiro atoms. The summed E-state index contributed by atoms with van der Waals surface area (Å²) < 4.78 is 31.5. The van der Waals surface area contributed by atoms with Gasteiger partial charge in [-0.05, 0) is 12.1 Å². The highest BCUT2D eigenvalue weighted by molar-refractivity contribution is 7.89. The van der Waals surface area contributed by atoms with Crippen LogP contribution in [0.25, 0.3) is 0 Å². The minimum Gasteiger partial charge on any atom is -0.496 e. The van der Waals surface area contributed by atoms with Crippen LogP contribution in [0.2, 0.25) is 0 Å². The maximum atomic E-state index is 12.5. The van der Waals surface area contributed by atoms with Crippen molar-refractivity contribution in [3.63, 3.8) is 0 Å². The van der Waals surface area contributed by atoms with Crippen LogP contribution in [0.5, 0.6) is 5.75 Å². The molecule has 0 saturated carbocycles. The van der Waals surface area contributed by atoms with Gasteiger partial charge in [0.2, 0.25) is 10.0 Å². The lowest BCUT2D eigenvalue weighted by Gasteiger charge is -2.17. The number of ether oxygens (including phenoxy) is 1. The van der Waals surface area contributed by atoms with Crippen molar-refractivity contribution in [2.45, 2.75) is 17.3 Å². The number of alkyl halides is 1. The first-order valence-electron chi connectivity index (χ1n) is 6.30.